The van der Waals surface area contributed by atoms with Crippen LogP contribution in [0.4, 0.5) is 0 Å². The number of guanidine groups is 1. The van der Waals surface area contributed by atoms with Crippen LogP contribution in [0, 0.1) is 0 Å². The third-order valence-corrected chi connectivity index (χ3v) is 6.68. The van der Waals surface area contributed by atoms with E-state index in [9.17, 15) is 9.59 Å². The number of hydrogen-bond acceptors (Lipinski definition) is 6. The second-order valence-electron chi connectivity index (χ2n) is 9.01. The molecule has 1 unspecified atom stereocenters. The maximum atomic E-state index is 13.3. The number of fused-ring (bicyclic) bond motifs is 4. The van der Waals surface area contributed by atoms with Gasteiger partial charge in [0.25, 0.3) is 5.91 Å². The molecule has 2 aromatic rings. The van der Waals surface area contributed by atoms with E-state index in [0.29, 0.717) is 37.4 Å². The van der Waals surface area contributed by atoms with Crippen molar-refractivity contribution in [1.82, 2.24) is 10.2 Å². The van der Waals surface area contributed by atoms with Gasteiger partial charge in [0, 0.05) is 29.5 Å². The highest BCUT2D eigenvalue weighted by Crippen LogP contribution is 2.34. The summed E-state index contributed by atoms with van der Waals surface area (Å²) in [4.78, 5) is 32.3. The average Bonchev–Trinajstić information content (AvgIpc) is 2.82. The number of nitrogens with zero attached hydrogens (tertiary/aromatic N) is 2. The molecule has 8 heteroatoms. The fraction of sp³-hybridized carbons (Fsp3) is 0.423. The number of carbonyl (C=O) groups excluding carboxylic acids is 2. The minimum atomic E-state index is -0.177. The monoisotopic (exact) mass is 462 g/mol. The van der Waals surface area contributed by atoms with Crippen LogP contribution in [-0.4, -0.2) is 41.9 Å². The van der Waals surface area contributed by atoms with Crippen LogP contribution in [0.5, 0.6) is 11.5 Å². The van der Waals surface area contributed by atoms with Crippen LogP contribution in [0.25, 0.3) is 0 Å². The normalized spacial score (nSPS) is 22.4. The number of carbonyl (C=O) groups is 2. The Morgan fingerprint density at radius 3 is 2.91 bits per heavy atom. The summed E-state index contributed by atoms with van der Waals surface area (Å²) in [5, 5.41) is 3.18. The molecule has 0 saturated heterocycles. The molecule has 2 aromatic carbocycles. The lowest BCUT2D eigenvalue weighted by atomic mass is 9.95. The van der Waals surface area contributed by atoms with Gasteiger partial charge in [-0.25, -0.2) is 4.99 Å². The van der Waals surface area contributed by atoms with Crippen molar-refractivity contribution in [3.05, 3.63) is 58.7 Å². The van der Waals surface area contributed by atoms with Gasteiger partial charge in [0.1, 0.15) is 11.5 Å². The average molecular weight is 463 g/mol. The van der Waals surface area contributed by atoms with Crippen molar-refractivity contribution in [2.45, 2.75) is 57.7 Å². The summed E-state index contributed by atoms with van der Waals surface area (Å²) in [6.07, 6.45) is 3.57. The van der Waals surface area contributed by atoms with Crippen LogP contribution in [0.15, 0.2) is 41.4 Å². The van der Waals surface area contributed by atoms with Gasteiger partial charge in [-0.2, -0.15) is 0 Å². The molecular formula is C26H30N4O4. The maximum Gasteiger partial charge on any atom is 0.251 e. The molecule has 4 aliphatic rings. The number of ether oxygens (including phenoxy) is 2. The lowest BCUT2D eigenvalue weighted by molar-refractivity contribution is -0.128. The molecule has 8 nitrogen and oxygen atoms in total. The lowest BCUT2D eigenvalue weighted by Crippen LogP contribution is -2.46. The first kappa shape index (κ1) is 22.3. The van der Waals surface area contributed by atoms with Gasteiger partial charge in [0.05, 0.1) is 31.8 Å². The lowest BCUT2D eigenvalue weighted by Gasteiger charge is -2.29. The molecule has 4 heterocycles. The molecule has 6 bridgehead atoms. The molecule has 3 N–H and O–H groups in total. The standard InChI is InChI=1S/C26H30N4O4/c1-2-33-22-9-7-17-13-18(22)15-30-24(31)14-19(28-26(30)27)5-3-4-16-6-8-23-20(12-16)21(10-11-34-23)29-25(17)32/h6-9,12-13,19,21H,2-5,10-11,14-15H2,1H3,(H2,27,28)(H,29,32)/t19-,21?/m1/s1. The number of hydrogen-bond donors (Lipinski definition) is 2. The Morgan fingerprint density at radius 1 is 1.21 bits per heavy atom. The third kappa shape index (κ3) is 4.44. The molecule has 2 atom stereocenters. The summed E-state index contributed by atoms with van der Waals surface area (Å²) >= 11 is 0. The number of benzene rings is 2. The van der Waals surface area contributed by atoms with E-state index in [1.54, 1.807) is 18.2 Å². The molecule has 2 amide bonds. The Morgan fingerprint density at radius 2 is 2.09 bits per heavy atom. The zero-order valence-electron chi connectivity index (χ0n) is 19.4. The zero-order chi connectivity index (χ0) is 23.7. The van der Waals surface area contributed by atoms with Crippen LogP contribution < -0.4 is 20.5 Å². The van der Waals surface area contributed by atoms with E-state index in [4.69, 9.17) is 15.2 Å². The third-order valence-electron chi connectivity index (χ3n) is 6.68. The van der Waals surface area contributed by atoms with Crippen LogP contribution in [0.3, 0.4) is 0 Å². The summed E-state index contributed by atoms with van der Waals surface area (Å²) in [7, 11) is 0. The Bertz CT molecular complexity index is 1150. The minimum absolute atomic E-state index is 0.0612. The van der Waals surface area contributed by atoms with E-state index < -0.39 is 0 Å². The predicted molar refractivity (Wildman–Crippen MR) is 128 cm³/mol. The largest absolute Gasteiger partial charge is 0.494 e. The van der Waals surface area contributed by atoms with Gasteiger partial charge in [-0.3, -0.25) is 14.5 Å². The summed E-state index contributed by atoms with van der Waals surface area (Å²) < 4.78 is 11.6. The summed E-state index contributed by atoms with van der Waals surface area (Å²) in [5.41, 5.74) is 9.64. The van der Waals surface area contributed by atoms with Gasteiger partial charge in [-0.05, 0) is 56.0 Å². The van der Waals surface area contributed by atoms with Crippen molar-refractivity contribution in [1.29, 1.82) is 0 Å². The zero-order valence-corrected chi connectivity index (χ0v) is 19.4. The van der Waals surface area contributed by atoms with E-state index in [0.717, 1.165) is 36.1 Å². The van der Waals surface area contributed by atoms with Crippen molar-refractivity contribution in [3.63, 3.8) is 0 Å². The number of rotatable bonds is 2. The fourth-order valence-corrected chi connectivity index (χ4v) is 4.92. The predicted octanol–water partition coefficient (Wildman–Crippen LogP) is 3.09. The molecular weight excluding hydrogens is 432 g/mol. The summed E-state index contributed by atoms with van der Waals surface area (Å²) in [6, 6.07) is 11.3. The van der Waals surface area contributed by atoms with Gasteiger partial charge in [0.2, 0.25) is 5.91 Å². The minimum Gasteiger partial charge on any atom is -0.494 e. The van der Waals surface area contributed by atoms with Crippen molar-refractivity contribution in [2.75, 3.05) is 13.2 Å². The Hall–Kier alpha value is -3.55. The molecule has 0 spiro atoms. The van der Waals surface area contributed by atoms with Crippen LogP contribution in [0.2, 0.25) is 0 Å². The molecule has 178 valence electrons. The first-order chi connectivity index (χ1) is 16.5. The number of nitrogens with one attached hydrogen (secondary N) is 1. The number of aryl methyl sites for hydroxylation is 1. The fourth-order valence-electron chi connectivity index (χ4n) is 4.92. The first-order valence-corrected chi connectivity index (χ1v) is 12.0. The maximum absolute atomic E-state index is 13.3. The van der Waals surface area contributed by atoms with Crippen LogP contribution in [-0.2, 0) is 17.8 Å². The smallest absolute Gasteiger partial charge is 0.251 e. The highest BCUT2D eigenvalue weighted by atomic mass is 16.5. The van der Waals surface area contributed by atoms with Gasteiger partial charge in [0.15, 0.2) is 5.96 Å². The summed E-state index contributed by atoms with van der Waals surface area (Å²) in [6.45, 7) is 3.13. The highest BCUT2D eigenvalue weighted by Gasteiger charge is 2.29. The van der Waals surface area contributed by atoms with E-state index in [-0.39, 0.29) is 36.4 Å². The van der Waals surface area contributed by atoms with Crippen molar-refractivity contribution < 1.29 is 19.1 Å². The van der Waals surface area contributed by atoms with Crippen LogP contribution >= 0.6 is 0 Å². The Kier molecular flexibility index (Phi) is 6.13. The van der Waals surface area contributed by atoms with E-state index in [1.165, 1.54) is 10.5 Å². The first-order valence-electron chi connectivity index (χ1n) is 12.0. The summed E-state index contributed by atoms with van der Waals surface area (Å²) in [5.74, 6) is 1.43. The van der Waals surface area contributed by atoms with Gasteiger partial charge < -0.3 is 20.5 Å². The highest BCUT2D eigenvalue weighted by molar-refractivity contribution is 5.99. The molecule has 0 saturated carbocycles. The molecule has 6 rings (SSSR count). The molecule has 0 radical (unpaired) electrons. The quantitative estimate of drug-likeness (QED) is 0.713. The van der Waals surface area contributed by atoms with Gasteiger partial charge in [-0.15, -0.1) is 0 Å². The SMILES string of the molecule is CCOc1ccc2cc1CN1C(=O)C[C@@H](CCCc3ccc4c(c3)C(CCO4)NC2=O)N=C1N. The molecule has 0 aliphatic carbocycles. The second-order valence-corrected chi connectivity index (χ2v) is 9.01. The second kappa shape index (κ2) is 9.37. The van der Waals surface area contributed by atoms with E-state index >= 15 is 0 Å². The van der Waals surface area contributed by atoms with Crippen LogP contribution in [0.1, 0.15) is 65.7 Å². The molecule has 34 heavy (non-hydrogen) atoms. The molecule has 4 aliphatic heterocycles. The number of amides is 2. The van der Waals surface area contributed by atoms with Crippen molar-refractivity contribution in [2.24, 2.45) is 10.7 Å². The van der Waals surface area contributed by atoms with Gasteiger partial charge in [-0.1, -0.05) is 12.1 Å². The number of nitrogens with two attached hydrogens (primary N) is 1. The Balaban J connectivity index is 1.55. The molecule has 0 aromatic heterocycles. The van der Waals surface area contributed by atoms with E-state index in [1.807, 2.05) is 13.0 Å². The van der Waals surface area contributed by atoms with Crippen molar-refractivity contribution in [3.8, 4) is 11.5 Å². The Labute approximate surface area is 199 Å². The van der Waals surface area contributed by atoms with Gasteiger partial charge >= 0.3 is 0 Å². The van der Waals surface area contributed by atoms with E-state index in [2.05, 4.69) is 22.4 Å². The molecule has 0 fully saturated rings. The number of aliphatic imine (C=N–C) groups is 1. The topological polar surface area (TPSA) is 106 Å². The van der Waals surface area contributed by atoms with Crippen molar-refractivity contribution >= 4 is 17.8 Å².